The van der Waals surface area contributed by atoms with Gasteiger partial charge in [0.05, 0.1) is 0 Å². The fourth-order valence-electron chi connectivity index (χ4n) is 1.40. The van der Waals surface area contributed by atoms with Crippen molar-refractivity contribution in [3.05, 3.63) is 64.4 Å². The molecule has 0 saturated heterocycles. The summed E-state index contributed by atoms with van der Waals surface area (Å²) < 4.78 is 13.8. The summed E-state index contributed by atoms with van der Waals surface area (Å²) >= 11 is 3.31. The molecule has 0 aromatic heterocycles. The third-order valence-electron chi connectivity index (χ3n) is 2.17. The van der Waals surface area contributed by atoms with Crippen molar-refractivity contribution in [3.8, 4) is 0 Å². The molecule has 0 saturated carbocycles. The van der Waals surface area contributed by atoms with Crippen LogP contribution in [0, 0.1) is 5.82 Å². The van der Waals surface area contributed by atoms with Crippen molar-refractivity contribution >= 4 is 27.5 Å². The molecule has 0 aliphatic carbocycles. The Balaban J connectivity index is 2.17. The second-order valence-electron chi connectivity index (χ2n) is 3.47. The molecule has 2 aromatic rings. The lowest BCUT2D eigenvalue weighted by molar-refractivity contribution is 0.102. The summed E-state index contributed by atoms with van der Waals surface area (Å²) in [7, 11) is 0. The Hall–Kier alpha value is -1.68. The highest BCUT2D eigenvalue weighted by molar-refractivity contribution is 9.10. The van der Waals surface area contributed by atoms with E-state index >= 15 is 0 Å². The first kappa shape index (κ1) is 11.8. The molecule has 0 aliphatic heterocycles. The Labute approximate surface area is 107 Å². The second-order valence-corrected chi connectivity index (χ2v) is 4.39. The number of hydrogen-bond donors (Lipinski definition) is 1. The van der Waals surface area contributed by atoms with Gasteiger partial charge in [-0.15, -0.1) is 0 Å². The molecule has 4 heteroatoms. The lowest BCUT2D eigenvalue weighted by Crippen LogP contribution is -2.11. The van der Waals surface area contributed by atoms with Gasteiger partial charge in [0, 0.05) is 15.7 Å². The number of rotatable bonds is 2. The van der Waals surface area contributed by atoms with Gasteiger partial charge in [-0.05, 0) is 36.4 Å². The van der Waals surface area contributed by atoms with Gasteiger partial charge in [-0.3, -0.25) is 4.79 Å². The number of carbonyl (C=O) groups is 1. The van der Waals surface area contributed by atoms with E-state index in [4.69, 9.17) is 0 Å². The predicted octanol–water partition coefficient (Wildman–Crippen LogP) is 3.84. The zero-order valence-electron chi connectivity index (χ0n) is 8.78. The van der Waals surface area contributed by atoms with Crippen LogP contribution in [0.5, 0.6) is 0 Å². The molecule has 2 rings (SSSR count). The summed E-state index contributed by atoms with van der Waals surface area (Å²) in [6.07, 6.45) is 0. The van der Waals surface area contributed by atoms with E-state index in [-0.39, 0.29) is 5.91 Å². The minimum atomic E-state index is -0.424. The summed E-state index contributed by atoms with van der Waals surface area (Å²) in [5.41, 5.74) is 0.957. The molecule has 17 heavy (non-hydrogen) atoms. The summed E-state index contributed by atoms with van der Waals surface area (Å²) in [4.78, 5) is 11.8. The zero-order chi connectivity index (χ0) is 12.3. The second kappa shape index (κ2) is 5.10. The quantitative estimate of drug-likeness (QED) is 0.895. The Bertz CT molecular complexity index is 557. The number of anilines is 1. The molecule has 0 atom stereocenters. The van der Waals surface area contributed by atoms with E-state index in [1.165, 1.54) is 18.2 Å². The van der Waals surface area contributed by atoms with Crippen LogP contribution in [0.15, 0.2) is 53.0 Å². The van der Waals surface area contributed by atoms with Crippen LogP contribution in [0.3, 0.4) is 0 Å². The van der Waals surface area contributed by atoms with Crippen molar-refractivity contribution < 1.29 is 9.18 Å². The molecule has 0 spiro atoms. The standard InChI is InChI=1S/C13H9BrFNO/c14-10-4-2-6-12(8-10)16-13(17)9-3-1-5-11(15)7-9/h1-8H,(H,16,17). The maximum atomic E-state index is 12.9. The Morgan fingerprint density at radius 2 is 1.88 bits per heavy atom. The van der Waals surface area contributed by atoms with E-state index in [1.807, 2.05) is 12.1 Å². The first-order chi connectivity index (χ1) is 8.15. The van der Waals surface area contributed by atoms with E-state index < -0.39 is 5.82 Å². The predicted molar refractivity (Wildman–Crippen MR) is 68.5 cm³/mol. The van der Waals surface area contributed by atoms with Gasteiger partial charge in [-0.1, -0.05) is 28.1 Å². The largest absolute Gasteiger partial charge is 0.322 e. The van der Waals surface area contributed by atoms with Crippen LogP contribution in [0.2, 0.25) is 0 Å². The highest BCUT2D eigenvalue weighted by Gasteiger charge is 2.06. The van der Waals surface area contributed by atoms with E-state index in [0.717, 1.165) is 4.47 Å². The fraction of sp³-hybridized carbons (Fsp3) is 0. The van der Waals surface area contributed by atoms with E-state index in [9.17, 15) is 9.18 Å². The van der Waals surface area contributed by atoms with Crippen molar-refractivity contribution in [1.29, 1.82) is 0 Å². The van der Waals surface area contributed by atoms with E-state index in [1.54, 1.807) is 18.2 Å². The van der Waals surface area contributed by atoms with Crippen molar-refractivity contribution in [3.63, 3.8) is 0 Å². The Morgan fingerprint density at radius 1 is 1.12 bits per heavy atom. The summed E-state index contributed by atoms with van der Waals surface area (Å²) in [5.74, 6) is -0.755. The molecule has 2 aromatic carbocycles. The molecule has 0 radical (unpaired) electrons. The van der Waals surface area contributed by atoms with Gasteiger partial charge in [0.15, 0.2) is 0 Å². The van der Waals surface area contributed by atoms with Crippen LogP contribution >= 0.6 is 15.9 Å². The van der Waals surface area contributed by atoms with Gasteiger partial charge in [0.25, 0.3) is 5.91 Å². The van der Waals surface area contributed by atoms with Crippen molar-refractivity contribution in [1.82, 2.24) is 0 Å². The molecular formula is C13H9BrFNO. The molecule has 0 bridgehead atoms. The Kier molecular flexibility index (Phi) is 3.54. The number of halogens is 2. The smallest absolute Gasteiger partial charge is 0.255 e. The molecule has 0 fully saturated rings. The maximum Gasteiger partial charge on any atom is 0.255 e. The summed E-state index contributed by atoms with van der Waals surface area (Å²) in [6.45, 7) is 0. The zero-order valence-corrected chi connectivity index (χ0v) is 10.4. The fourth-order valence-corrected chi connectivity index (χ4v) is 1.80. The number of hydrogen-bond acceptors (Lipinski definition) is 1. The molecular weight excluding hydrogens is 285 g/mol. The minimum absolute atomic E-state index is 0.296. The van der Waals surface area contributed by atoms with Gasteiger partial charge >= 0.3 is 0 Å². The average Bonchev–Trinajstić information content (AvgIpc) is 2.29. The molecule has 2 nitrogen and oxygen atoms in total. The molecule has 1 amide bonds. The molecule has 86 valence electrons. The minimum Gasteiger partial charge on any atom is -0.322 e. The van der Waals surface area contributed by atoms with Crippen LogP contribution in [-0.2, 0) is 0 Å². The van der Waals surface area contributed by atoms with E-state index in [0.29, 0.717) is 11.3 Å². The number of nitrogens with one attached hydrogen (secondary N) is 1. The molecule has 0 unspecified atom stereocenters. The lowest BCUT2D eigenvalue weighted by atomic mass is 10.2. The average molecular weight is 294 g/mol. The first-order valence-corrected chi connectivity index (χ1v) is 5.77. The van der Waals surface area contributed by atoms with Crippen LogP contribution in [0.25, 0.3) is 0 Å². The van der Waals surface area contributed by atoms with Gasteiger partial charge in [-0.2, -0.15) is 0 Å². The lowest BCUT2D eigenvalue weighted by Gasteiger charge is -2.05. The van der Waals surface area contributed by atoms with E-state index in [2.05, 4.69) is 21.2 Å². The molecule has 0 heterocycles. The number of carbonyl (C=O) groups excluding carboxylic acids is 1. The van der Waals surface area contributed by atoms with Crippen molar-refractivity contribution in [2.24, 2.45) is 0 Å². The van der Waals surface area contributed by atoms with Crippen LogP contribution < -0.4 is 5.32 Å². The molecule has 1 N–H and O–H groups in total. The highest BCUT2D eigenvalue weighted by Crippen LogP contribution is 2.16. The maximum absolute atomic E-state index is 12.9. The van der Waals surface area contributed by atoms with Crippen LogP contribution in [0.4, 0.5) is 10.1 Å². The van der Waals surface area contributed by atoms with Crippen molar-refractivity contribution in [2.75, 3.05) is 5.32 Å². The summed E-state index contributed by atoms with van der Waals surface area (Å²) in [5, 5.41) is 2.69. The third-order valence-corrected chi connectivity index (χ3v) is 2.66. The molecule has 0 aliphatic rings. The number of benzene rings is 2. The normalized spacial score (nSPS) is 10.0. The highest BCUT2D eigenvalue weighted by atomic mass is 79.9. The van der Waals surface area contributed by atoms with Gasteiger partial charge in [0.1, 0.15) is 5.82 Å². The topological polar surface area (TPSA) is 29.1 Å². The monoisotopic (exact) mass is 293 g/mol. The third kappa shape index (κ3) is 3.14. The Morgan fingerprint density at radius 3 is 2.59 bits per heavy atom. The SMILES string of the molecule is O=C(Nc1cccc(Br)c1)c1cccc(F)c1. The van der Waals surface area contributed by atoms with Crippen molar-refractivity contribution in [2.45, 2.75) is 0 Å². The number of amides is 1. The van der Waals surface area contributed by atoms with Gasteiger partial charge < -0.3 is 5.32 Å². The van der Waals surface area contributed by atoms with Crippen LogP contribution in [0.1, 0.15) is 10.4 Å². The van der Waals surface area contributed by atoms with Crippen LogP contribution in [-0.4, -0.2) is 5.91 Å². The van der Waals surface area contributed by atoms with Gasteiger partial charge in [-0.25, -0.2) is 4.39 Å². The van der Waals surface area contributed by atoms with Gasteiger partial charge in [0.2, 0.25) is 0 Å². The first-order valence-electron chi connectivity index (χ1n) is 4.97. The summed E-state index contributed by atoms with van der Waals surface area (Å²) in [6, 6.07) is 12.8.